The van der Waals surface area contributed by atoms with Crippen LogP contribution in [0.25, 0.3) is 11.3 Å². The molecule has 0 saturated carbocycles. The van der Waals surface area contributed by atoms with Crippen molar-refractivity contribution in [1.29, 1.82) is 0 Å². The van der Waals surface area contributed by atoms with Crippen LogP contribution in [0.5, 0.6) is 6.01 Å². The van der Waals surface area contributed by atoms with Gasteiger partial charge in [0.2, 0.25) is 0 Å². The Hall–Kier alpha value is -1.55. The fourth-order valence-corrected chi connectivity index (χ4v) is 1.77. The van der Waals surface area contributed by atoms with E-state index in [0.29, 0.717) is 6.01 Å². The molecule has 2 rings (SSSR count). The van der Waals surface area contributed by atoms with Crippen molar-refractivity contribution in [2.24, 2.45) is 0 Å². The Balaban J connectivity index is 2.34. The Bertz CT molecular complexity index is 471. The molecule has 0 atom stereocenters. The van der Waals surface area contributed by atoms with Gasteiger partial charge in [0.15, 0.2) is 0 Å². The summed E-state index contributed by atoms with van der Waals surface area (Å²) in [5.74, 6) is 0. The van der Waals surface area contributed by atoms with E-state index in [4.69, 9.17) is 4.74 Å². The van der Waals surface area contributed by atoms with Crippen LogP contribution in [0.15, 0.2) is 41.4 Å². The van der Waals surface area contributed by atoms with E-state index in [1.54, 1.807) is 25.1 Å². The summed E-state index contributed by atoms with van der Waals surface area (Å²) in [5, 5.41) is 0. The summed E-state index contributed by atoms with van der Waals surface area (Å²) in [6.45, 7) is 0. The summed E-state index contributed by atoms with van der Waals surface area (Å²) in [5.41, 5.74) is 1.94. The molecule has 0 aliphatic carbocycles. The second kappa shape index (κ2) is 4.99. The molecular weight excluding hydrogens is 220 g/mol. The molecule has 0 fully saturated rings. The van der Waals surface area contributed by atoms with Crippen LogP contribution in [0.2, 0.25) is 0 Å². The Morgan fingerprint density at radius 2 is 1.88 bits per heavy atom. The van der Waals surface area contributed by atoms with Gasteiger partial charge < -0.3 is 4.74 Å². The summed E-state index contributed by atoms with van der Waals surface area (Å²) in [6, 6.07) is 10.5. The van der Waals surface area contributed by atoms with Crippen molar-refractivity contribution in [3.8, 4) is 17.3 Å². The van der Waals surface area contributed by atoms with Gasteiger partial charge in [-0.25, -0.2) is 4.98 Å². The number of thioether (sulfide) groups is 1. The van der Waals surface area contributed by atoms with E-state index < -0.39 is 0 Å². The smallest absolute Gasteiger partial charge is 0.316 e. The lowest BCUT2D eigenvalue weighted by molar-refractivity contribution is 0.380. The molecule has 3 nitrogen and oxygen atoms in total. The highest BCUT2D eigenvalue weighted by Crippen LogP contribution is 2.22. The molecule has 16 heavy (non-hydrogen) atoms. The lowest BCUT2D eigenvalue weighted by Crippen LogP contribution is -1.92. The molecular formula is C12H12N2OS. The van der Waals surface area contributed by atoms with Crippen molar-refractivity contribution in [2.45, 2.75) is 4.90 Å². The van der Waals surface area contributed by atoms with Crippen LogP contribution in [0.3, 0.4) is 0 Å². The van der Waals surface area contributed by atoms with Crippen molar-refractivity contribution in [3.05, 3.63) is 36.5 Å². The highest BCUT2D eigenvalue weighted by Gasteiger charge is 2.01. The quantitative estimate of drug-likeness (QED) is 0.762. The van der Waals surface area contributed by atoms with Gasteiger partial charge in [-0.15, -0.1) is 11.8 Å². The summed E-state index contributed by atoms with van der Waals surface area (Å²) in [7, 11) is 1.57. The molecule has 0 aliphatic rings. The maximum atomic E-state index is 4.99. The number of aromatic nitrogens is 2. The fraction of sp³-hybridized carbons (Fsp3) is 0.167. The zero-order valence-electron chi connectivity index (χ0n) is 9.18. The van der Waals surface area contributed by atoms with Gasteiger partial charge >= 0.3 is 6.01 Å². The minimum atomic E-state index is 0.395. The van der Waals surface area contributed by atoms with E-state index in [0.717, 1.165) is 11.3 Å². The molecule has 4 heteroatoms. The van der Waals surface area contributed by atoms with E-state index in [2.05, 4.69) is 28.4 Å². The van der Waals surface area contributed by atoms with Crippen LogP contribution in [0, 0.1) is 0 Å². The van der Waals surface area contributed by atoms with E-state index in [9.17, 15) is 0 Å². The van der Waals surface area contributed by atoms with Gasteiger partial charge in [0.05, 0.1) is 12.8 Å². The van der Waals surface area contributed by atoms with Gasteiger partial charge in [-0.1, -0.05) is 12.1 Å². The maximum absolute atomic E-state index is 4.99. The highest BCUT2D eigenvalue weighted by molar-refractivity contribution is 7.98. The molecule has 0 bridgehead atoms. The minimum Gasteiger partial charge on any atom is -0.467 e. The third-order valence-corrected chi connectivity index (χ3v) is 2.95. The Morgan fingerprint density at radius 1 is 1.12 bits per heavy atom. The van der Waals surface area contributed by atoms with Crippen molar-refractivity contribution >= 4 is 11.8 Å². The minimum absolute atomic E-state index is 0.395. The lowest BCUT2D eigenvalue weighted by atomic mass is 10.1. The number of nitrogens with zero attached hydrogens (tertiary/aromatic N) is 2. The normalized spacial score (nSPS) is 10.1. The number of benzene rings is 1. The molecule has 1 aromatic carbocycles. The van der Waals surface area contributed by atoms with E-state index in [1.807, 2.05) is 18.2 Å². The van der Waals surface area contributed by atoms with Crippen LogP contribution in [0.4, 0.5) is 0 Å². The predicted molar refractivity (Wildman–Crippen MR) is 65.8 cm³/mol. The van der Waals surface area contributed by atoms with Gasteiger partial charge in [0, 0.05) is 16.7 Å². The van der Waals surface area contributed by atoms with Crippen LogP contribution >= 0.6 is 11.8 Å². The summed E-state index contributed by atoms with van der Waals surface area (Å²) >= 11 is 1.72. The number of hydrogen-bond acceptors (Lipinski definition) is 4. The molecule has 0 radical (unpaired) electrons. The van der Waals surface area contributed by atoms with Crippen LogP contribution < -0.4 is 4.74 Å². The average Bonchev–Trinajstić information content (AvgIpc) is 2.39. The third kappa shape index (κ3) is 2.33. The zero-order valence-corrected chi connectivity index (χ0v) is 9.99. The molecule has 0 saturated heterocycles. The summed E-state index contributed by atoms with van der Waals surface area (Å²) in [6.07, 6.45) is 3.76. The molecule has 0 unspecified atom stereocenters. The molecule has 0 N–H and O–H groups in total. The summed E-state index contributed by atoms with van der Waals surface area (Å²) in [4.78, 5) is 9.50. The fourth-order valence-electron chi connectivity index (χ4n) is 1.36. The third-order valence-electron chi connectivity index (χ3n) is 2.20. The number of hydrogen-bond donors (Lipinski definition) is 0. The topological polar surface area (TPSA) is 35.0 Å². The Labute approximate surface area is 98.9 Å². The Kier molecular flexibility index (Phi) is 3.41. The highest BCUT2D eigenvalue weighted by atomic mass is 32.2. The maximum Gasteiger partial charge on any atom is 0.316 e. The Morgan fingerprint density at radius 3 is 2.50 bits per heavy atom. The van der Waals surface area contributed by atoms with Crippen molar-refractivity contribution in [1.82, 2.24) is 9.97 Å². The van der Waals surface area contributed by atoms with Crippen molar-refractivity contribution in [2.75, 3.05) is 13.4 Å². The molecule has 0 spiro atoms. The first-order valence-corrected chi connectivity index (χ1v) is 6.07. The standard InChI is InChI=1S/C12H12N2OS/c1-15-12-13-8-7-11(14-12)9-3-5-10(16-2)6-4-9/h3-8H,1-2H3. The van der Waals surface area contributed by atoms with Crippen molar-refractivity contribution in [3.63, 3.8) is 0 Å². The van der Waals surface area contributed by atoms with Gasteiger partial charge in [0.1, 0.15) is 0 Å². The van der Waals surface area contributed by atoms with Crippen LogP contribution in [0.1, 0.15) is 0 Å². The van der Waals surface area contributed by atoms with Gasteiger partial charge in [0.25, 0.3) is 0 Å². The molecule has 0 aliphatic heterocycles. The molecule has 1 aromatic heterocycles. The largest absolute Gasteiger partial charge is 0.467 e. The van der Waals surface area contributed by atoms with Gasteiger partial charge in [-0.2, -0.15) is 4.98 Å². The molecule has 0 amide bonds. The molecule has 2 aromatic rings. The number of methoxy groups -OCH3 is 1. The predicted octanol–water partition coefficient (Wildman–Crippen LogP) is 2.87. The van der Waals surface area contributed by atoms with E-state index in [1.165, 1.54) is 4.90 Å². The second-order valence-corrected chi connectivity index (χ2v) is 4.04. The lowest BCUT2D eigenvalue weighted by Gasteiger charge is -2.03. The summed E-state index contributed by atoms with van der Waals surface area (Å²) < 4.78 is 4.99. The first-order chi connectivity index (χ1) is 7.83. The number of rotatable bonds is 3. The molecule has 82 valence electrons. The molecule has 1 heterocycles. The van der Waals surface area contributed by atoms with Crippen LogP contribution in [-0.2, 0) is 0 Å². The van der Waals surface area contributed by atoms with E-state index in [-0.39, 0.29) is 0 Å². The zero-order chi connectivity index (χ0) is 11.4. The van der Waals surface area contributed by atoms with Gasteiger partial charge in [-0.3, -0.25) is 0 Å². The van der Waals surface area contributed by atoms with Crippen molar-refractivity contribution < 1.29 is 4.74 Å². The number of ether oxygens (including phenoxy) is 1. The second-order valence-electron chi connectivity index (χ2n) is 3.16. The van der Waals surface area contributed by atoms with Crippen LogP contribution in [-0.4, -0.2) is 23.3 Å². The SMILES string of the molecule is COc1nccc(-c2ccc(SC)cc2)n1. The van der Waals surface area contributed by atoms with E-state index >= 15 is 0 Å². The average molecular weight is 232 g/mol. The van der Waals surface area contributed by atoms with Gasteiger partial charge in [-0.05, 0) is 24.5 Å². The first-order valence-electron chi connectivity index (χ1n) is 4.85. The monoisotopic (exact) mass is 232 g/mol. The first kappa shape index (κ1) is 11.0.